The molecule has 0 amide bonds. The standard InChI is InChI=1S/C8H8FN3O/c1-13-8-4-2-3-7(9)6(8)5-11-12-10/h2-4H,5H2,1H3. The summed E-state index contributed by atoms with van der Waals surface area (Å²) in [5, 5.41) is 3.27. The van der Waals surface area contributed by atoms with Gasteiger partial charge in [0.2, 0.25) is 0 Å². The van der Waals surface area contributed by atoms with E-state index in [1.165, 1.54) is 19.2 Å². The van der Waals surface area contributed by atoms with Gasteiger partial charge >= 0.3 is 0 Å². The Morgan fingerprint density at radius 3 is 3.00 bits per heavy atom. The number of hydrogen-bond acceptors (Lipinski definition) is 2. The van der Waals surface area contributed by atoms with Crippen LogP contribution in [0.4, 0.5) is 4.39 Å². The number of benzene rings is 1. The molecule has 68 valence electrons. The second kappa shape index (κ2) is 4.33. The first-order chi connectivity index (χ1) is 6.29. The van der Waals surface area contributed by atoms with Gasteiger partial charge < -0.3 is 4.74 Å². The van der Waals surface area contributed by atoms with Crippen LogP contribution < -0.4 is 4.74 Å². The lowest BCUT2D eigenvalue weighted by molar-refractivity contribution is 0.404. The van der Waals surface area contributed by atoms with Crippen LogP contribution >= 0.6 is 0 Å². The summed E-state index contributed by atoms with van der Waals surface area (Å²) in [6.07, 6.45) is 0. The van der Waals surface area contributed by atoms with Crippen molar-refractivity contribution in [2.45, 2.75) is 6.54 Å². The zero-order valence-electron chi connectivity index (χ0n) is 7.07. The van der Waals surface area contributed by atoms with Gasteiger partial charge in [0.1, 0.15) is 11.6 Å². The highest BCUT2D eigenvalue weighted by atomic mass is 19.1. The van der Waals surface area contributed by atoms with Gasteiger partial charge in [0.05, 0.1) is 13.7 Å². The molecule has 0 saturated carbocycles. The number of azide groups is 1. The summed E-state index contributed by atoms with van der Waals surface area (Å²) < 4.78 is 18.0. The van der Waals surface area contributed by atoms with Crippen molar-refractivity contribution in [3.8, 4) is 5.75 Å². The summed E-state index contributed by atoms with van der Waals surface area (Å²) in [5.41, 5.74) is 8.36. The summed E-state index contributed by atoms with van der Waals surface area (Å²) in [6, 6.07) is 4.45. The summed E-state index contributed by atoms with van der Waals surface area (Å²) in [4.78, 5) is 2.55. The van der Waals surface area contributed by atoms with Crippen molar-refractivity contribution in [2.24, 2.45) is 5.11 Å². The van der Waals surface area contributed by atoms with Crippen molar-refractivity contribution in [1.82, 2.24) is 0 Å². The molecule has 0 aliphatic rings. The molecule has 0 atom stereocenters. The van der Waals surface area contributed by atoms with Crippen molar-refractivity contribution < 1.29 is 9.13 Å². The quantitative estimate of drug-likeness (QED) is 0.401. The second-order valence-electron chi connectivity index (χ2n) is 2.31. The lowest BCUT2D eigenvalue weighted by atomic mass is 10.2. The van der Waals surface area contributed by atoms with Crippen LogP contribution in [0.25, 0.3) is 10.4 Å². The predicted molar refractivity (Wildman–Crippen MR) is 45.8 cm³/mol. The summed E-state index contributed by atoms with van der Waals surface area (Å²) in [6.45, 7) is -0.0354. The van der Waals surface area contributed by atoms with Gasteiger partial charge in [-0.05, 0) is 17.7 Å². The molecule has 13 heavy (non-hydrogen) atoms. The smallest absolute Gasteiger partial charge is 0.130 e. The van der Waals surface area contributed by atoms with Gasteiger partial charge in [0, 0.05) is 10.5 Å². The first kappa shape index (κ1) is 9.35. The van der Waals surface area contributed by atoms with Crippen molar-refractivity contribution in [1.29, 1.82) is 0 Å². The minimum atomic E-state index is -0.424. The van der Waals surface area contributed by atoms with Crippen LogP contribution in [0.15, 0.2) is 23.3 Å². The Balaban J connectivity index is 3.06. The summed E-state index contributed by atoms with van der Waals surface area (Å²) in [5.74, 6) is -0.0286. The Morgan fingerprint density at radius 1 is 1.62 bits per heavy atom. The maximum Gasteiger partial charge on any atom is 0.130 e. The molecule has 0 saturated heterocycles. The van der Waals surface area contributed by atoms with Crippen LogP contribution in [-0.4, -0.2) is 7.11 Å². The Morgan fingerprint density at radius 2 is 2.38 bits per heavy atom. The van der Waals surface area contributed by atoms with Gasteiger partial charge in [-0.25, -0.2) is 4.39 Å². The first-order valence-electron chi connectivity index (χ1n) is 3.62. The maximum atomic E-state index is 13.1. The third-order valence-corrected chi connectivity index (χ3v) is 1.59. The number of ether oxygens (including phenoxy) is 1. The molecule has 1 aromatic carbocycles. The van der Waals surface area contributed by atoms with Crippen LogP contribution in [0.5, 0.6) is 5.75 Å². The lowest BCUT2D eigenvalue weighted by Crippen LogP contribution is -1.93. The zero-order chi connectivity index (χ0) is 9.68. The number of halogens is 1. The molecular formula is C8H8FN3O. The fraction of sp³-hybridized carbons (Fsp3) is 0.250. The van der Waals surface area contributed by atoms with Crippen LogP contribution in [0.3, 0.4) is 0 Å². The van der Waals surface area contributed by atoms with Gasteiger partial charge in [0.25, 0.3) is 0 Å². The molecule has 0 aromatic heterocycles. The van der Waals surface area contributed by atoms with E-state index in [1.807, 2.05) is 0 Å². The Labute approximate surface area is 74.6 Å². The van der Waals surface area contributed by atoms with E-state index in [0.717, 1.165) is 0 Å². The highest BCUT2D eigenvalue weighted by molar-refractivity contribution is 5.34. The molecule has 0 unspecified atom stereocenters. The van der Waals surface area contributed by atoms with Gasteiger partial charge in [-0.3, -0.25) is 0 Å². The molecule has 0 bridgehead atoms. The number of hydrogen-bond donors (Lipinski definition) is 0. The molecule has 0 N–H and O–H groups in total. The molecule has 5 heteroatoms. The number of methoxy groups -OCH3 is 1. The van der Waals surface area contributed by atoms with Gasteiger partial charge in [-0.2, -0.15) is 0 Å². The summed E-state index contributed by atoms with van der Waals surface area (Å²) >= 11 is 0. The molecule has 0 radical (unpaired) electrons. The number of nitrogens with zero attached hydrogens (tertiary/aromatic N) is 3. The predicted octanol–water partition coefficient (Wildman–Crippen LogP) is 2.64. The third kappa shape index (κ3) is 2.10. The molecule has 1 aromatic rings. The van der Waals surface area contributed by atoms with Crippen LogP contribution in [0, 0.1) is 5.82 Å². The van der Waals surface area contributed by atoms with E-state index < -0.39 is 5.82 Å². The molecule has 1 rings (SSSR count). The Bertz CT molecular complexity index is 347. The molecule has 0 aliphatic carbocycles. The van der Waals surface area contributed by atoms with E-state index in [9.17, 15) is 4.39 Å². The molecule has 0 spiro atoms. The van der Waals surface area contributed by atoms with Crippen LogP contribution in [0.2, 0.25) is 0 Å². The minimum absolute atomic E-state index is 0.0354. The molecular weight excluding hydrogens is 173 g/mol. The zero-order valence-corrected chi connectivity index (χ0v) is 7.07. The van der Waals surface area contributed by atoms with E-state index in [4.69, 9.17) is 10.3 Å². The SMILES string of the molecule is COc1cccc(F)c1CN=[N+]=[N-]. The monoisotopic (exact) mass is 181 g/mol. The molecule has 0 fully saturated rings. The highest BCUT2D eigenvalue weighted by Crippen LogP contribution is 2.21. The summed E-state index contributed by atoms with van der Waals surface area (Å²) in [7, 11) is 1.44. The van der Waals surface area contributed by atoms with Gasteiger partial charge in [-0.15, -0.1) is 0 Å². The number of rotatable bonds is 3. The fourth-order valence-electron chi connectivity index (χ4n) is 0.986. The Kier molecular flexibility index (Phi) is 3.11. The van der Waals surface area contributed by atoms with Crippen LogP contribution in [-0.2, 0) is 6.54 Å². The second-order valence-corrected chi connectivity index (χ2v) is 2.31. The van der Waals surface area contributed by atoms with Crippen molar-refractivity contribution in [3.63, 3.8) is 0 Å². The van der Waals surface area contributed by atoms with Crippen molar-refractivity contribution in [3.05, 3.63) is 40.0 Å². The normalized spacial score (nSPS) is 9.08. The maximum absolute atomic E-state index is 13.1. The van der Waals surface area contributed by atoms with Crippen LogP contribution in [0.1, 0.15) is 5.56 Å². The third-order valence-electron chi connectivity index (χ3n) is 1.59. The minimum Gasteiger partial charge on any atom is -0.496 e. The molecule has 0 heterocycles. The van der Waals surface area contributed by atoms with Crippen molar-refractivity contribution >= 4 is 0 Å². The van der Waals surface area contributed by atoms with Crippen molar-refractivity contribution in [2.75, 3.05) is 7.11 Å². The molecule has 4 nitrogen and oxygen atoms in total. The lowest BCUT2D eigenvalue weighted by Gasteiger charge is -2.05. The average Bonchev–Trinajstić information content (AvgIpc) is 2.15. The first-order valence-corrected chi connectivity index (χ1v) is 3.62. The van der Waals surface area contributed by atoms with Gasteiger partial charge in [-0.1, -0.05) is 11.2 Å². The fourth-order valence-corrected chi connectivity index (χ4v) is 0.986. The molecule has 0 aliphatic heterocycles. The van der Waals surface area contributed by atoms with E-state index in [0.29, 0.717) is 5.75 Å². The van der Waals surface area contributed by atoms with E-state index in [2.05, 4.69) is 10.0 Å². The topological polar surface area (TPSA) is 58.0 Å². The highest BCUT2D eigenvalue weighted by Gasteiger charge is 2.06. The largest absolute Gasteiger partial charge is 0.496 e. The van der Waals surface area contributed by atoms with E-state index >= 15 is 0 Å². The average molecular weight is 181 g/mol. The van der Waals surface area contributed by atoms with Gasteiger partial charge in [0.15, 0.2) is 0 Å². The Hall–Kier alpha value is -1.74. The van der Waals surface area contributed by atoms with E-state index in [1.54, 1.807) is 6.07 Å². The van der Waals surface area contributed by atoms with E-state index in [-0.39, 0.29) is 12.1 Å².